The summed E-state index contributed by atoms with van der Waals surface area (Å²) < 4.78 is 13.6. The predicted octanol–water partition coefficient (Wildman–Crippen LogP) is 2.65. The van der Waals surface area contributed by atoms with E-state index in [9.17, 15) is 14.5 Å². The quantitative estimate of drug-likeness (QED) is 0.598. The van der Waals surface area contributed by atoms with Gasteiger partial charge in [-0.1, -0.05) is 6.07 Å². The number of nitro benzene ring substituents is 1. The molecule has 0 bridgehead atoms. The third-order valence-electron chi connectivity index (χ3n) is 4.46. The van der Waals surface area contributed by atoms with Crippen molar-refractivity contribution in [2.45, 2.75) is 31.3 Å². The van der Waals surface area contributed by atoms with Gasteiger partial charge < -0.3 is 9.80 Å². The number of hydrogen-bond donors (Lipinski definition) is 0. The summed E-state index contributed by atoms with van der Waals surface area (Å²) in [6.45, 7) is 1.50. The smallest absolute Gasteiger partial charge is 0.302 e. The zero-order valence-electron chi connectivity index (χ0n) is 12.8. The normalized spacial score (nSPS) is 17.0. The van der Waals surface area contributed by atoms with E-state index in [0.717, 1.165) is 12.1 Å². The third kappa shape index (κ3) is 3.39. The second-order valence-corrected chi connectivity index (χ2v) is 6.19. The van der Waals surface area contributed by atoms with Crippen molar-refractivity contribution in [2.75, 3.05) is 27.7 Å². The maximum atomic E-state index is 13.6. The van der Waals surface area contributed by atoms with Crippen LogP contribution in [-0.4, -0.2) is 47.9 Å². The van der Waals surface area contributed by atoms with Gasteiger partial charge in [-0.25, -0.2) is 0 Å². The lowest BCUT2D eigenvalue weighted by Gasteiger charge is -2.49. The molecule has 0 atom stereocenters. The molecule has 0 aliphatic heterocycles. The first-order chi connectivity index (χ1) is 9.84. The molecule has 1 fully saturated rings. The van der Waals surface area contributed by atoms with Crippen LogP contribution in [0.4, 0.5) is 10.1 Å². The second-order valence-electron chi connectivity index (χ2n) is 6.19. The van der Waals surface area contributed by atoms with Gasteiger partial charge >= 0.3 is 5.69 Å². The van der Waals surface area contributed by atoms with Crippen LogP contribution in [-0.2, 0) is 6.54 Å². The summed E-state index contributed by atoms with van der Waals surface area (Å²) in [7, 11) is 6.19. The minimum atomic E-state index is -0.767. The summed E-state index contributed by atoms with van der Waals surface area (Å²) >= 11 is 0. The standard InChI is InChI=1S/C15H22FN3O2/c1-17(2)15(7-4-8-15)11-18(3)10-12-5-6-14(19(20)21)13(16)9-12/h5-6,9H,4,7-8,10-11H2,1-3H3. The van der Waals surface area contributed by atoms with Gasteiger partial charge in [-0.15, -0.1) is 0 Å². The van der Waals surface area contributed by atoms with Crippen molar-refractivity contribution in [2.24, 2.45) is 0 Å². The van der Waals surface area contributed by atoms with E-state index >= 15 is 0 Å². The fourth-order valence-electron chi connectivity index (χ4n) is 3.00. The number of rotatable bonds is 6. The Labute approximate surface area is 124 Å². The molecule has 0 amide bonds. The topological polar surface area (TPSA) is 49.6 Å². The van der Waals surface area contributed by atoms with Crippen LogP contribution in [0.2, 0.25) is 0 Å². The molecule has 1 saturated carbocycles. The number of halogens is 1. The highest BCUT2D eigenvalue weighted by Gasteiger charge is 2.39. The summed E-state index contributed by atoms with van der Waals surface area (Å²) in [4.78, 5) is 14.3. The summed E-state index contributed by atoms with van der Waals surface area (Å²) in [5, 5.41) is 10.6. The van der Waals surface area contributed by atoms with Crippen molar-refractivity contribution in [3.63, 3.8) is 0 Å². The van der Waals surface area contributed by atoms with Crippen LogP contribution in [0.5, 0.6) is 0 Å². The molecule has 1 aliphatic rings. The Morgan fingerprint density at radius 3 is 2.43 bits per heavy atom. The van der Waals surface area contributed by atoms with E-state index in [1.54, 1.807) is 6.07 Å². The Kier molecular flexibility index (Phi) is 4.58. The van der Waals surface area contributed by atoms with Crippen LogP contribution >= 0.6 is 0 Å². The molecule has 0 aromatic heterocycles. The third-order valence-corrected chi connectivity index (χ3v) is 4.46. The van der Waals surface area contributed by atoms with E-state index in [1.165, 1.54) is 31.4 Å². The first-order valence-electron chi connectivity index (χ1n) is 7.13. The molecule has 5 nitrogen and oxygen atoms in total. The van der Waals surface area contributed by atoms with Crippen molar-refractivity contribution in [3.8, 4) is 0 Å². The highest BCUT2D eigenvalue weighted by molar-refractivity contribution is 5.35. The molecular formula is C15H22FN3O2. The summed E-state index contributed by atoms with van der Waals surface area (Å²) in [5.74, 6) is -0.767. The van der Waals surface area contributed by atoms with Gasteiger partial charge in [-0.2, -0.15) is 4.39 Å². The molecule has 0 unspecified atom stereocenters. The summed E-state index contributed by atoms with van der Waals surface area (Å²) in [5.41, 5.74) is 0.507. The van der Waals surface area contributed by atoms with Crippen LogP contribution in [0.3, 0.4) is 0 Å². The van der Waals surface area contributed by atoms with Gasteiger partial charge in [0.25, 0.3) is 0 Å². The molecule has 0 heterocycles. The monoisotopic (exact) mass is 295 g/mol. The first kappa shape index (κ1) is 15.9. The van der Waals surface area contributed by atoms with Crippen LogP contribution in [0.15, 0.2) is 18.2 Å². The van der Waals surface area contributed by atoms with Gasteiger partial charge in [-0.05, 0) is 52.0 Å². The van der Waals surface area contributed by atoms with Crippen LogP contribution in [0, 0.1) is 15.9 Å². The number of nitro groups is 1. The Hall–Kier alpha value is -1.53. The summed E-state index contributed by atoms with van der Waals surface area (Å²) in [6, 6.07) is 4.13. The molecule has 1 aromatic rings. The van der Waals surface area contributed by atoms with Crippen molar-refractivity contribution >= 4 is 5.69 Å². The molecule has 1 aromatic carbocycles. The Morgan fingerprint density at radius 2 is 2.00 bits per heavy atom. The van der Waals surface area contributed by atoms with Crippen LogP contribution < -0.4 is 0 Å². The van der Waals surface area contributed by atoms with Crippen molar-refractivity contribution in [1.29, 1.82) is 0 Å². The zero-order valence-corrected chi connectivity index (χ0v) is 12.8. The van der Waals surface area contributed by atoms with Crippen molar-refractivity contribution < 1.29 is 9.31 Å². The van der Waals surface area contributed by atoms with Gasteiger partial charge in [0.15, 0.2) is 0 Å². The Balaban J connectivity index is 2.01. The highest BCUT2D eigenvalue weighted by Crippen LogP contribution is 2.36. The second kappa shape index (κ2) is 6.07. The fraction of sp³-hybridized carbons (Fsp3) is 0.600. The molecule has 0 radical (unpaired) electrons. The molecule has 2 rings (SSSR count). The Bertz CT molecular complexity index is 530. The van der Waals surface area contributed by atoms with E-state index in [2.05, 4.69) is 23.9 Å². The number of nitrogens with zero attached hydrogens (tertiary/aromatic N) is 3. The van der Waals surface area contributed by atoms with Crippen LogP contribution in [0.25, 0.3) is 0 Å². The number of benzene rings is 1. The zero-order chi connectivity index (χ0) is 15.6. The minimum absolute atomic E-state index is 0.216. The molecule has 0 N–H and O–H groups in total. The maximum Gasteiger partial charge on any atom is 0.304 e. The number of hydrogen-bond acceptors (Lipinski definition) is 4. The van der Waals surface area contributed by atoms with E-state index in [0.29, 0.717) is 6.54 Å². The van der Waals surface area contributed by atoms with Crippen molar-refractivity contribution in [3.05, 3.63) is 39.7 Å². The molecule has 116 valence electrons. The molecular weight excluding hydrogens is 273 g/mol. The minimum Gasteiger partial charge on any atom is -0.302 e. The highest BCUT2D eigenvalue weighted by atomic mass is 19.1. The van der Waals surface area contributed by atoms with Gasteiger partial charge in [0, 0.05) is 24.7 Å². The van der Waals surface area contributed by atoms with Gasteiger partial charge in [0.05, 0.1) is 4.92 Å². The predicted molar refractivity (Wildman–Crippen MR) is 79.7 cm³/mol. The lowest BCUT2D eigenvalue weighted by atomic mass is 9.75. The molecule has 21 heavy (non-hydrogen) atoms. The fourth-order valence-corrected chi connectivity index (χ4v) is 3.00. The lowest BCUT2D eigenvalue weighted by Crippen LogP contribution is -2.56. The maximum absolute atomic E-state index is 13.6. The van der Waals surface area contributed by atoms with E-state index < -0.39 is 16.4 Å². The van der Waals surface area contributed by atoms with E-state index in [1.807, 2.05) is 7.05 Å². The molecule has 6 heteroatoms. The van der Waals surface area contributed by atoms with Gasteiger partial charge in [0.1, 0.15) is 0 Å². The number of likely N-dealkylation sites (N-methyl/N-ethyl adjacent to an activating group) is 2. The first-order valence-corrected chi connectivity index (χ1v) is 7.13. The molecule has 0 spiro atoms. The largest absolute Gasteiger partial charge is 0.304 e. The SMILES string of the molecule is CN(Cc1ccc([N+](=O)[O-])c(F)c1)CC1(N(C)C)CCC1. The van der Waals surface area contributed by atoms with Gasteiger partial charge in [-0.3, -0.25) is 10.1 Å². The average Bonchev–Trinajstić information content (AvgIpc) is 2.32. The summed E-state index contributed by atoms with van der Waals surface area (Å²) in [6.07, 6.45) is 3.61. The lowest BCUT2D eigenvalue weighted by molar-refractivity contribution is -0.387. The molecule has 1 aliphatic carbocycles. The Morgan fingerprint density at radius 1 is 1.33 bits per heavy atom. The van der Waals surface area contributed by atoms with E-state index in [-0.39, 0.29) is 5.54 Å². The average molecular weight is 295 g/mol. The van der Waals surface area contributed by atoms with Gasteiger partial charge in [0.2, 0.25) is 5.82 Å². The molecule has 0 saturated heterocycles. The van der Waals surface area contributed by atoms with Crippen LogP contribution in [0.1, 0.15) is 24.8 Å². The van der Waals surface area contributed by atoms with E-state index in [4.69, 9.17) is 0 Å². The van der Waals surface area contributed by atoms with Crippen molar-refractivity contribution in [1.82, 2.24) is 9.80 Å².